The first-order valence-corrected chi connectivity index (χ1v) is 3.87. The van der Waals surface area contributed by atoms with E-state index in [0.717, 1.165) is 5.57 Å². The van der Waals surface area contributed by atoms with Crippen molar-refractivity contribution in [3.63, 3.8) is 0 Å². The van der Waals surface area contributed by atoms with Crippen LogP contribution in [0.5, 0.6) is 0 Å². The van der Waals surface area contributed by atoms with E-state index in [4.69, 9.17) is 5.73 Å². The van der Waals surface area contributed by atoms with Gasteiger partial charge in [-0.05, 0) is 18.6 Å². The van der Waals surface area contributed by atoms with Crippen molar-refractivity contribution in [2.75, 3.05) is 13.6 Å². The summed E-state index contributed by atoms with van der Waals surface area (Å²) in [6.45, 7) is 5.88. The third-order valence-electron chi connectivity index (χ3n) is 1.47. The molecule has 0 saturated carbocycles. The minimum atomic E-state index is 0. The van der Waals surface area contributed by atoms with Gasteiger partial charge < -0.3 is 11.1 Å². The Morgan fingerprint density at radius 1 is 1.77 bits per heavy atom. The average Bonchev–Trinajstić information content (AvgIpc) is 2.11. The molecule has 0 aliphatic carbocycles. The van der Waals surface area contributed by atoms with Gasteiger partial charge in [-0.25, -0.2) is 0 Å². The summed E-state index contributed by atoms with van der Waals surface area (Å²) >= 11 is 0. The van der Waals surface area contributed by atoms with E-state index < -0.39 is 0 Å². The summed E-state index contributed by atoms with van der Waals surface area (Å²) < 4.78 is 0. The highest BCUT2D eigenvalue weighted by Crippen LogP contribution is 1.98. The van der Waals surface area contributed by atoms with Crippen LogP contribution < -0.4 is 11.1 Å². The monoisotopic (exact) mass is 183 g/mol. The van der Waals surface area contributed by atoms with Crippen LogP contribution in [0.15, 0.2) is 28.9 Å². The van der Waals surface area contributed by atoms with Gasteiger partial charge >= 0.3 is 0 Å². The summed E-state index contributed by atoms with van der Waals surface area (Å²) in [5.74, 6) is 0. The largest absolute Gasteiger partial charge is 0.398 e. The van der Waals surface area contributed by atoms with Crippen LogP contribution in [-0.4, -0.2) is 25.7 Å². The third kappa shape index (κ3) is 4.79. The minimum absolute atomic E-state index is 0. The number of carbonyl (C=O) groups excluding carboxylic acids is 1. The Morgan fingerprint density at radius 2 is 2.38 bits per heavy atom. The van der Waals surface area contributed by atoms with Gasteiger partial charge in [0.1, 0.15) is 0 Å². The molecule has 13 heavy (non-hydrogen) atoms. The Balaban J connectivity index is 0. The standard InChI is InChI=1S/C9H15N3O.H2/c1-7(2)9(10)4-8(11-3)5-12-6-13;/h4,6H,1,5,10H2,2-3H3,(H,12,13);1H/b9-4+,11-8?;. The van der Waals surface area contributed by atoms with Gasteiger partial charge in [-0.3, -0.25) is 9.79 Å². The number of nitrogens with one attached hydrogen (secondary N) is 1. The van der Waals surface area contributed by atoms with Crippen LogP contribution in [0, 0.1) is 0 Å². The summed E-state index contributed by atoms with van der Waals surface area (Å²) in [4.78, 5) is 14.0. The summed E-state index contributed by atoms with van der Waals surface area (Å²) in [5.41, 5.74) is 7.71. The molecule has 1 amide bonds. The van der Waals surface area contributed by atoms with Crippen LogP contribution in [0.4, 0.5) is 0 Å². The molecular formula is C9H17N3O. The number of allylic oxidation sites excluding steroid dienone is 1. The summed E-state index contributed by atoms with van der Waals surface area (Å²) in [5, 5.41) is 2.50. The number of nitrogens with zero attached hydrogens (tertiary/aromatic N) is 1. The topological polar surface area (TPSA) is 67.5 Å². The van der Waals surface area contributed by atoms with Crippen molar-refractivity contribution in [1.82, 2.24) is 5.32 Å². The lowest BCUT2D eigenvalue weighted by Gasteiger charge is -2.02. The first-order valence-electron chi connectivity index (χ1n) is 3.87. The SMILES string of the molecule is C=C(C)/C(N)=C\C(CNC=O)=NC.[HH]. The van der Waals surface area contributed by atoms with Crippen molar-refractivity contribution in [3.8, 4) is 0 Å². The number of hydrogen-bond acceptors (Lipinski definition) is 3. The Bertz CT molecular complexity index is 259. The van der Waals surface area contributed by atoms with Gasteiger partial charge in [0.25, 0.3) is 0 Å². The van der Waals surface area contributed by atoms with E-state index in [1.165, 1.54) is 0 Å². The maximum absolute atomic E-state index is 10.0. The molecule has 0 rings (SSSR count). The molecule has 0 heterocycles. The maximum Gasteiger partial charge on any atom is 0.207 e. The highest BCUT2D eigenvalue weighted by Gasteiger charge is 1.95. The second-order valence-electron chi connectivity index (χ2n) is 2.59. The zero-order valence-electron chi connectivity index (χ0n) is 8.00. The van der Waals surface area contributed by atoms with Gasteiger partial charge in [-0.2, -0.15) is 0 Å². The highest BCUT2D eigenvalue weighted by molar-refractivity contribution is 5.98. The van der Waals surface area contributed by atoms with E-state index in [2.05, 4.69) is 16.9 Å². The van der Waals surface area contributed by atoms with Crippen LogP contribution in [0.1, 0.15) is 8.35 Å². The molecule has 3 N–H and O–H groups in total. The van der Waals surface area contributed by atoms with Crippen molar-refractivity contribution in [2.45, 2.75) is 6.92 Å². The Morgan fingerprint density at radius 3 is 2.77 bits per heavy atom. The molecule has 0 aliphatic rings. The molecule has 0 bridgehead atoms. The Labute approximate surface area is 79.7 Å². The minimum Gasteiger partial charge on any atom is -0.398 e. The number of hydrogen-bond donors (Lipinski definition) is 2. The maximum atomic E-state index is 10.0. The van der Waals surface area contributed by atoms with Crippen LogP contribution >= 0.6 is 0 Å². The number of amides is 1. The van der Waals surface area contributed by atoms with Gasteiger partial charge in [0.2, 0.25) is 6.41 Å². The molecule has 0 aromatic rings. The van der Waals surface area contributed by atoms with E-state index in [-0.39, 0.29) is 1.43 Å². The molecule has 0 atom stereocenters. The molecule has 0 unspecified atom stereocenters. The van der Waals surface area contributed by atoms with E-state index in [0.29, 0.717) is 24.4 Å². The van der Waals surface area contributed by atoms with Crippen molar-refractivity contribution in [2.24, 2.45) is 10.7 Å². The fourth-order valence-corrected chi connectivity index (χ4v) is 0.644. The number of nitrogens with two attached hydrogens (primary N) is 1. The molecule has 74 valence electrons. The predicted molar refractivity (Wildman–Crippen MR) is 56.6 cm³/mol. The van der Waals surface area contributed by atoms with Gasteiger partial charge in [0, 0.05) is 14.2 Å². The molecule has 0 aromatic carbocycles. The van der Waals surface area contributed by atoms with Crippen molar-refractivity contribution < 1.29 is 6.22 Å². The van der Waals surface area contributed by atoms with Crippen LogP contribution in [0.25, 0.3) is 0 Å². The molecule has 0 saturated heterocycles. The van der Waals surface area contributed by atoms with Gasteiger partial charge in [0.05, 0.1) is 12.3 Å². The lowest BCUT2D eigenvalue weighted by Crippen LogP contribution is -2.21. The Kier molecular flexibility index (Phi) is 5.27. The van der Waals surface area contributed by atoms with Crippen molar-refractivity contribution >= 4 is 12.1 Å². The van der Waals surface area contributed by atoms with E-state index in [9.17, 15) is 4.79 Å². The predicted octanol–water partition coefficient (Wildman–Crippen LogP) is 0.468. The molecular weight excluding hydrogens is 166 g/mol. The molecule has 0 aromatic heterocycles. The summed E-state index contributed by atoms with van der Waals surface area (Å²) in [7, 11) is 1.64. The van der Waals surface area contributed by atoms with Gasteiger partial charge in [-0.1, -0.05) is 6.58 Å². The van der Waals surface area contributed by atoms with E-state index >= 15 is 0 Å². The van der Waals surface area contributed by atoms with Crippen LogP contribution in [0.2, 0.25) is 0 Å². The quantitative estimate of drug-likeness (QED) is 0.369. The fourth-order valence-electron chi connectivity index (χ4n) is 0.644. The number of carbonyl (C=O) groups is 1. The zero-order valence-corrected chi connectivity index (χ0v) is 8.00. The zero-order chi connectivity index (χ0) is 10.3. The third-order valence-corrected chi connectivity index (χ3v) is 1.47. The van der Waals surface area contributed by atoms with Gasteiger partial charge in [0.15, 0.2) is 0 Å². The normalized spacial score (nSPS) is 12.5. The van der Waals surface area contributed by atoms with Crippen molar-refractivity contribution in [3.05, 3.63) is 23.9 Å². The van der Waals surface area contributed by atoms with Gasteiger partial charge in [-0.15, -0.1) is 0 Å². The smallest absolute Gasteiger partial charge is 0.207 e. The molecule has 0 fully saturated rings. The molecule has 0 spiro atoms. The lowest BCUT2D eigenvalue weighted by atomic mass is 10.2. The van der Waals surface area contributed by atoms with E-state index in [1.54, 1.807) is 13.1 Å². The fraction of sp³-hybridized carbons (Fsp3) is 0.333. The summed E-state index contributed by atoms with van der Waals surface area (Å²) in [6.07, 6.45) is 2.31. The molecule has 4 heteroatoms. The van der Waals surface area contributed by atoms with E-state index in [1.807, 2.05) is 6.92 Å². The first-order chi connectivity index (χ1) is 6.11. The van der Waals surface area contributed by atoms with Crippen LogP contribution in [0.3, 0.4) is 0 Å². The Hall–Kier alpha value is -1.58. The van der Waals surface area contributed by atoms with Crippen LogP contribution in [-0.2, 0) is 4.79 Å². The summed E-state index contributed by atoms with van der Waals surface area (Å²) in [6, 6.07) is 0. The second kappa shape index (κ2) is 5.99. The molecule has 0 radical (unpaired) electrons. The first kappa shape index (κ1) is 11.4. The average molecular weight is 183 g/mol. The highest BCUT2D eigenvalue weighted by atomic mass is 16.1. The number of aliphatic imine (C=N–C) groups is 1. The second-order valence-corrected chi connectivity index (χ2v) is 2.59. The molecule has 4 nitrogen and oxygen atoms in total. The number of rotatable bonds is 5. The molecule has 0 aliphatic heterocycles. The lowest BCUT2D eigenvalue weighted by molar-refractivity contribution is -0.109. The van der Waals surface area contributed by atoms with Crippen molar-refractivity contribution in [1.29, 1.82) is 0 Å².